The molecule has 0 aliphatic carbocycles. The van der Waals surface area contributed by atoms with Crippen LogP contribution in [0.5, 0.6) is 5.75 Å². The molecule has 0 spiro atoms. The highest BCUT2D eigenvalue weighted by atomic mass is 19.1. The van der Waals surface area contributed by atoms with E-state index in [0.717, 1.165) is 6.42 Å². The molecule has 2 aromatic rings. The fourth-order valence-corrected chi connectivity index (χ4v) is 2.49. The van der Waals surface area contributed by atoms with Crippen LogP contribution in [0.4, 0.5) is 4.39 Å². The van der Waals surface area contributed by atoms with Crippen molar-refractivity contribution in [3.8, 4) is 5.75 Å². The molecule has 120 valence electrons. The van der Waals surface area contributed by atoms with E-state index in [1.54, 1.807) is 17.0 Å². The van der Waals surface area contributed by atoms with E-state index in [-0.39, 0.29) is 36.0 Å². The normalized spacial score (nSPS) is 16.8. The average Bonchev–Trinajstić information content (AvgIpc) is 3.21. The van der Waals surface area contributed by atoms with Crippen molar-refractivity contribution in [3.05, 3.63) is 60.1 Å². The summed E-state index contributed by atoms with van der Waals surface area (Å²) in [5.74, 6) is 0.115. The highest BCUT2D eigenvalue weighted by Crippen LogP contribution is 2.18. The fraction of sp³-hybridized carbons (Fsp3) is 0.294. The van der Waals surface area contributed by atoms with Crippen molar-refractivity contribution >= 4 is 5.91 Å². The second-order valence-electron chi connectivity index (χ2n) is 5.23. The van der Waals surface area contributed by atoms with E-state index in [2.05, 4.69) is 4.98 Å². The fourth-order valence-electron chi connectivity index (χ4n) is 2.49. The molecule has 0 N–H and O–H groups in total. The minimum absolute atomic E-state index is 0.0339. The molecule has 1 aliphatic rings. The number of nitrogens with zero attached hydrogens (tertiary/aromatic N) is 2. The highest BCUT2D eigenvalue weighted by molar-refractivity contribution is 5.92. The monoisotopic (exact) mass is 316 g/mol. The summed E-state index contributed by atoms with van der Waals surface area (Å²) in [5, 5.41) is 0. The van der Waals surface area contributed by atoms with Gasteiger partial charge < -0.3 is 14.1 Å². The lowest BCUT2D eigenvalue weighted by Gasteiger charge is -2.22. The zero-order chi connectivity index (χ0) is 16.2. The van der Waals surface area contributed by atoms with E-state index >= 15 is 0 Å². The summed E-state index contributed by atoms with van der Waals surface area (Å²) in [6.45, 7) is 2.65. The molecular formula is C17H17FN2O3. The Bertz CT molecular complexity index is 726. The Hall–Kier alpha value is -2.63. The molecule has 0 saturated heterocycles. The maximum Gasteiger partial charge on any atom is 0.276 e. The predicted octanol–water partition coefficient (Wildman–Crippen LogP) is 3.18. The number of hydrogen-bond acceptors (Lipinski definition) is 4. The summed E-state index contributed by atoms with van der Waals surface area (Å²) in [5.41, 5.74) is 0.255. The molecular weight excluding hydrogens is 299 g/mol. The van der Waals surface area contributed by atoms with Gasteiger partial charge in [-0.2, -0.15) is 0 Å². The van der Waals surface area contributed by atoms with E-state index in [0.29, 0.717) is 12.3 Å². The Balaban J connectivity index is 1.63. The smallest absolute Gasteiger partial charge is 0.276 e. The molecule has 0 saturated carbocycles. The summed E-state index contributed by atoms with van der Waals surface area (Å²) < 4.78 is 23.7. The van der Waals surface area contributed by atoms with Gasteiger partial charge in [0.15, 0.2) is 12.3 Å². The third kappa shape index (κ3) is 3.41. The Morgan fingerprint density at radius 3 is 3.17 bits per heavy atom. The summed E-state index contributed by atoms with van der Waals surface area (Å²) in [7, 11) is 0. The second-order valence-corrected chi connectivity index (χ2v) is 5.23. The first-order valence-electron chi connectivity index (χ1n) is 7.47. The Morgan fingerprint density at radius 1 is 1.52 bits per heavy atom. The maximum absolute atomic E-state index is 13.1. The van der Waals surface area contributed by atoms with Crippen LogP contribution in [0.1, 0.15) is 29.7 Å². The van der Waals surface area contributed by atoms with Gasteiger partial charge in [0.05, 0.1) is 6.04 Å². The minimum atomic E-state index is -0.377. The van der Waals surface area contributed by atoms with Crippen molar-refractivity contribution in [2.75, 3.05) is 6.54 Å². The van der Waals surface area contributed by atoms with Crippen LogP contribution in [0.25, 0.3) is 0 Å². The largest absolute Gasteiger partial charge is 0.484 e. The number of oxazole rings is 1. The first-order valence-corrected chi connectivity index (χ1v) is 7.47. The summed E-state index contributed by atoms with van der Waals surface area (Å²) in [6.07, 6.45) is 6.18. The molecule has 3 rings (SSSR count). The van der Waals surface area contributed by atoms with Gasteiger partial charge in [-0.05, 0) is 18.6 Å². The van der Waals surface area contributed by atoms with E-state index in [1.807, 2.05) is 19.1 Å². The van der Waals surface area contributed by atoms with E-state index in [1.165, 1.54) is 18.4 Å². The molecule has 0 bridgehead atoms. The number of halogens is 1. The van der Waals surface area contributed by atoms with Crippen LogP contribution in [0.3, 0.4) is 0 Å². The quantitative estimate of drug-likeness (QED) is 0.795. The zero-order valence-corrected chi connectivity index (χ0v) is 12.7. The summed E-state index contributed by atoms with van der Waals surface area (Å²) in [4.78, 5) is 18.3. The Labute approximate surface area is 133 Å². The summed E-state index contributed by atoms with van der Waals surface area (Å²) in [6, 6.07) is 5.91. The molecule has 23 heavy (non-hydrogen) atoms. The number of benzene rings is 1. The maximum atomic E-state index is 13.1. The van der Waals surface area contributed by atoms with Gasteiger partial charge in [0.2, 0.25) is 5.89 Å². The number of aromatic nitrogens is 1. The highest BCUT2D eigenvalue weighted by Gasteiger charge is 2.26. The molecule has 6 heteroatoms. The van der Waals surface area contributed by atoms with E-state index in [4.69, 9.17) is 9.15 Å². The molecule has 1 aromatic carbocycles. The van der Waals surface area contributed by atoms with E-state index in [9.17, 15) is 9.18 Å². The van der Waals surface area contributed by atoms with Crippen LogP contribution in [0, 0.1) is 5.82 Å². The SMILES string of the molecule is CCC1C=CCN1C(=O)c1coc(COc2cccc(F)c2)n1. The van der Waals surface area contributed by atoms with Crippen LogP contribution in [-0.2, 0) is 6.61 Å². The van der Waals surface area contributed by atoms with Gasteiger partial charge in [-0.15, -0.1) is 0 Å². The van der Waals surface area contributed by atoms with Gasteiger partial charge in [0.25, 0.3) is 5.91 Å². The zero-order valence-electron chi connectivity index (χ0n) is 12.7. The van der Waals surface area contributed by atoms with Crippen LogP contribution in [0.2, 0.25) is 0 Å². The summed E-state index contributed by atoms with van der Waals surface area (Å²) >= 11 is 0. The Kier molecular flexibility index (Phi) is 4.41. The number of rotatable bonds is 5. The van der Waals surface area contributed by atoms with Crippen molar-refractivity contribution in [1.82, 2.24) is 9.88 Å². The standard InChI is InChI=1S/C17H17FN2O3/c1-2-13-6-4-8-20(13)17(21)15-10-23-16(19-15)11-22-14-7-3-5-12(18)9-14/h3-7,9-10,13H,2,8,11H2,1H3. The molecule has 2 heterocycles. The molecule has 1 aromatic heterocycles. The molecule has 0 fully saturated rings. The lowest BCUT2D eigenvalue weighted by molar-refractivity contribution is 0.0741. The van der Waals surface area contributed by atoms with Crippen LogP contribution >= 0.6 is 0 Å². The molecule has 1 atom stereocenters. The van der Waals surface area contributed by atoms with Gasteiger partial charge in [-0.1, -0.05) is 25.1 Å². The first kappa shape index (κ1) is 15.3. The average molecular weight is 316 g/mol. The van der Waals surface area contributed by atoms with Crippen molar-refractivity contribution in [1.29, 1.82) is 0 Å². The van der Waals surface area contributed by atoms with Crippen molar-refractivity contribution in [3.63, 3.8) is 0 Å². The minimum Gasteiger partial charge on any atom is -0.484 e. The Morgan fingerprint density at radius 2 is 2.39 bits per heavy atom. The molecule has 0 radical (unpaired) electrons. The number of carbonyl (C=O) groups excluding carboxylic acids is 1. The lowest BCUT2D eigenvalue weighted by atomic mass is 10.2. The van der Waals surface area contributed by atoms with Crippen molar-refractivity contribution in [2.45, 2.75) is 26.0 Å². The van der Waals surface area contributed by atoms with Crippen LogP contribution < -0.4 is 4.74 Å². The molecule has 1 unspecified atom stereocenters. The third-order valence-corrected chi connectivity index (χ3v) is 3.67. The second kappa shape index (κ2) is 6.64. The lowest BCUT2D eigenvalue weighted by Crippen LogP contribution is -2.35. The van der Waals surface area contributed by atoms with Crippen molar-refractivity contribution < 1.29 is 18.3 Å². The molecule has 5 nitrogen and oxygen atoms in total. The van der Waals surface area contributed by atoms with Crippen molar-refractivity contribution in [2.24, 2.45) is 0 Å². The van der Waals surface area contributed by atoms with Crippen LogP contribution in [0.15, 0.2) is 47.1 Å². The van der Waals surface area contributed by atoms with E-state index < -0.39 is 0 Å². The van der Waals surface area contributed by atoms with Gasteiger partial charge in [-0.3, -0.25) is 4.79 Å². The predicted molar refractivity (Wildman–Crippen MR) is 81.5 cm³/mol. The number of ether oxygens (including phenoxy) is 1. The molecule has 1 aliphatic heterocycles. The first-order chi connectivity index (χ1) is 11.2. The van der Waals surface area contributed by atoms with Crippen LogP contribution in [-0.4, -0.2) is 28.4 Å². The molecule has 1 amide bonds. The third-order valence-electron chi connectivity index (χ3n) is 3.67. The topological polar surface area (TPSA) is 55.6 Å². The van der Waals surface area contributed by atoms with Gasteiger partial charge in [0, 0.05) is 12.6 Å². The van der Waals surface area contributed by atoms with Gasteiger partial charge in [-0.25, -0.2) is 9.37 Å². The van der Waals surface area contributed by atoms with Gasteiger partial charge >= 0.3 is 0 Å². The number of amides is 1. The van der Waals surface area contributed by atoms with Gasteiger partial charge in [0.1, 0.15) is 17.8 Å². The number of hydrogen-bond donors (Lipinski definition) is 0. The number of carbonyl (C=O) groups is 1.